The molecule has 1 heterocycles. The van der Waals surface area contributed by atoms with Gasteiger partial charge in [0.1, 0.15) is 5.75 Å². The number of carbonyl (C=O) groups is 1. The maximum absolute atomic E-state index is 12.1. The molecule has 4 nitrogen and oxygen atoms in total. The molecule has 0 spiro atoms. The molecule has 1 unspecified atom stereocenters. The lowest BCUT2D eigenvalue weighted by molar-refractivity contribution is -0.123. The van der Waals surface area contributed by atoms with Crippen LogP contribution in [0.25, 0.3) is 11.3 Å². The number of nitrogens with zero attached hydrogens (tertiary/aromatic N) is 1. The van der Waals surface area contributed by atoms with Gasteiger partial charge in [0.2, 0.25) is 0 Å². The maximum Gasteiger partial charge on any atom is 0.258 e. The summed E-state index contributed by atoms with van der Waals surface area (Å²) in [6, 6.07) is 14.9. The summed E-state index contributed by atoms with van der Waals surface area (Å²) in [5, 5.41) is 6.64. The summed E-state index contributed by atoms with van der Waals surface area (Å²) in [4.78, 5) is 16.5. The third kappa shape index (κ3) is 4.84. The van der Waals surface area contributed by atoms with Gasteiger partial charge in [-0.15, -0.1) is 11.3 Å². The van der Waals surface area contributed by atoms with E-state index in [1.165, 1.54) is 0 Å². The van der Waals surface area contributed by atoms with Crippen LogP contribution in [0.4, 0.5) is 0 Å². The summed E-state index contributed by atoms with van der Waals surface area (Å²) in [6.45, 7) is 3.87. The zero-order valence-corrected chi connectivity index (χ0v) is 16.1. The van der Waals surface area contributed by atoms with E-state index in [-0.39, 0.29) is 18.6 Å². The number of aryl methyl sites for hydroxylation is 1. The summed E-state index contributed by atoms with van der Waals surface area (Å²) < 4.78 is 5.57. The number of thiazole rings is 1. The molecular weight excluding hydrogens is 368 g/mol. The van der Waals surface area contributed by atoms with Gasteiger partial charge in [-0.3, -0.25) is 4.79 Å². The SMILES string of the molecule is Cc1nc(-c2ccc(OCC(=O)NC(C)c3ccc(Cl)cc3)cc2)cs1. The molecule has 3 rings (SSSR count). The fraction of sp³-hybridized carbons (Fsp3) is 0.200. The van der Waals surface area contributed by atoms with E-state index in [1.807, 2.05) is 55.6 Å². The second-order valence-electron chi connectivity index (χ2n) is 5.91. The summed E-state index contributed by atoms with van der Waals surface area (Å²) in [7, 11) is 0. The quantitative estimate of drug-likeness (QED) is 0.646. The Morgan fingerprint density at radius 2 is 1.88 bits per heavy atom. The molecule has 1 amide bonds. The van der Waals surface area contributed by atoms with Crippen molar-refractivity contribution in [1.82, 2.24) is 10.3 Å². The summed E-state index contributed by atoms with van der Waals surface area (Å²) in [5.74, 6) is 0.474. The lowest BCUT2D eigenvalue weighted by Gasteiger charge is -2.15. The molecule has 0 bridgehead atoms. The number of nitrogens with one attached hydrogen (secondary N) is 1. The fourth-order valence-electron chi connectivity index (χ4n) is 2.48. The fourth-order valence-corrected chi connectivity index (χ4v) is 3.23. The standard InChI is InChI=1S/C20H19ClN2O2S/c1-13(15-3-7-17(21)8-4-15)22-20(24)11-25-18-9-5-16(6-10-18)19-12-26-14(2)23-19/h3-10,12-13H,11H2,1-2H3,(H,22,24). The molecule has 0 aliphatic heterocycles. The number of ether oxygens (including phenoxy) is 1. The number of hydrogen-bond acceptors (Lipinski definition) is 4. The summed E-state index contributed by atoms with van der Waals surface area (Å²) in [5.41, 5.74) is 2.97. The third-order valence-electron chi connectivity index (χ3n) is 3.89. The van der Waals surface area contributed by atoms with E-state index in [4.69, 9.17) is 16.3 Å². The van der Waals surface area contributed by atoms with Gasteiger partial charge in [-0.2, -0.15) is 0 Å². The predicted molar refractivity (Wildman–Crippen MR) is 106 cm³/mol. The van der Waals surface area contributed by atoms with E-state index in [2.05, 4.69) is 10.3 Å². The summed E-state index contributed by atoms with van der Waals surface area (Å²) >= 11 is 7.50. The Hall–Kier alpha value is -2.37. The monoisotopic (exact) mass is 386 g/mol. The van der Waals surface area contributed by atoms with Crippen molar-refractivity contribution in [3.8, 4) is 17.0 Å². The van der Waals surface area contributed by atoms with Crippen LogP contribution in [0.5, 0.6) is 5.75 Å². The van der Waals surface area contributed by atoms with Gasteiger partial charge in [0, 0.05) is 16.0 Å². The van der Waals surface area contributed by atoms with E-state index in [0.29, 0.717) is 10.8 Å². The van der Waals surface area contributed by atoms with Gasteiger partial charge in [-0.25, -0.2) is 4.98 Å². The average Bonchev–Trinajstić information content (AvgIpc) is 3.07. The Balaban J connectivity index is 1.51. The molecule has 2 aromatic carbocycles. The molecule has 0 saturated heterocycles. The number of aromatic nitrogens is 1. The number of rotatable bonds is 6. The topological polar surface area (TPSA) is 51.2 Å². The smallest absolute Gasteiger partial charge is 0.258 e. The van der Waals surface area contributed by atoms with Crippen LogP contribution in [0, 0.1) is 6.92 Å². The lowest BCUT2D eigenvalue weighted by Crippen LogP contribution is -2.31. The maximum atomic E-state index is 12.1. The third-order valence-corrected chi connectivity index (χ3v) is 4.91. The molecule has 26 heavy (non-hydrogen) atoms. The number of hydrogen-bond donors (Lipinski definition) is 1. The van der Waals surface area contributed by atoms with Crippen LogP contribution in [0.1, 0.15) is 23.5 Å². The first-order valence-electron chi connectivity index (χ1n) is 8.21. The van der Waals surface area contributed by atoms with E-state index >= 15 is 0 Å². The van der Waals surface area contributed by atoms with Crippen molar-refractivity contribution >= 4 is 28.8 Å². The molecule has 0 fully saturated rings. The van der Waals surface area contributed by atoms with Crippen LogP contribution >= 0.6 is 22.9 Å². The van der Waals surface area contributed by atoms with E-state index in [1.54, 1.807) is 23.5 Å². The molecule has 6 heteroatoms. The highest BCUT2D eigenvalue weighted by Crippen LogP contribution is 2.24. The highest BCUT2D eigenvalue weighted by atomic mass is 35.5. The molecule has 1 atom stereocenters. The van der Waals surface area contributed by atoms with Crippen molar-refractivity contribution in [1.29, 1.82) is 0 Å². The second-order valence-corrected chi connectivity index (χ2v) is 7.40. The molecular formula is C20H19ClN2O2S. The molecule has 134 valence electrons. The van der Waals surface area contributed by atoms with E-state index in [0.717, 1.165) is 21.8 Å². The van der Waals surface area contributed by atoms with Crippen LogP contribution in [0.3, 0.4) is 0 Å². The second kappa shape index (κ2) is 8.34. The van der Waals surface area contributed by atoms with Gasteiger partial charge >= 0.3 is 0 Å². The average molecular weight is 387 g/mol. The first-order valence-corrected chi connectivity index (χ1v) is 9.47. The van der Waals surface area contributed by atoms with Gasteiger partial charge in [0.15, 0.2) is 6.61 Å². The number of carbonyl (C=O) groups excluding carboxylic acids is 1. The van der Waals surface area contributed by atoms with Crippen LogP contribution in [0.15, 0.2) is 53.9 Å². The lowest BCUT2D eigenvalue weighted by atomic mass is 10.1. The van der Waals surface area contributed by atoms with Crippen molar-refractivity contribution in [2.45, 2.75) is 19.9 Å². The van der Waals surface area contributed by atoms with E-state index in [9.17, 15) is 4.79 Å². The molecule has 1 N–H and O–H groups in total. The minimum atomic E-state index is -0.174. The highest BCUT2D eigenvalue weighted by molar-refractivity contribution is 7.09. The number of benzene rings is 2. The van der Waals surface area contributed by atoms with Crippen molar-refractivity contribution in [2.75, 3.05) is 6.61 Å². The minimum Gasteiger partial charge on any atom is -0.484 e. The zero-order valence-electron chi connectivity index (χ0n) is 14.5. The van der Waals surface area contributed by atoms with Gasteiger partial charge in [0.05, 0.1) is 16.7 Å². The molecule has 0 aliphatic rings. The normalized spacial score (nSPS) is 11.8. The van der Waals surface area contributed by atoms with Gasteiger partial charge in [0.25, 0.3) is 5.91 Å². The Morgan fingerprint density at radius 1 is 1.19 bits per heavy atom. The Bertz CT molecular complexity index is 876. The predicted octanol–water partition coefficient (Wildman–Crippen LogP) is 5.03. The molecule has 1 aromatic heterocycles. The van der Waals surface area contributed by atoms with Crippen molar-refractivity contribution in [3.63, 3.8) is 0 Å². The van der Waals surface area contributed by atoms with Crippen LogP contribution < -0.4 is 10.1 Å². The Kier molecular flexibility index (Phi) is 5.91. The van der Waals surface area contributed by atoms with Crippen molar-refractivity contribution in [3.05, 3.63) is 69.5 Å². The minimum absolute atomic E-state index is 0.0346. The summed E-state index contributed by atoms with van der Waals surface area (Å²) in [6.07, 6.45) is 0. The van der Waals surface area contributed by atoms with Crippen LogP contribution in [-0.4, -0.2) is 17.5 Å². The highest BCUT2D eigenvalue weighted by Gasteiger charge is 2.10. The van der Waals surface area contributed by atoms with Crippen LogP contribution in [-0.2, 0) is 4.79 Å². The number of halogens is 1. The van der Waals surface area contributed by atoms with Crippen molar-refractivity contribution in [2.24, 2.45) is 0 Å². The first-order chi connectivity index (χ1) is 12.5. The molecule has 3 aromatic rings. The Morgan fingerprint density at radius 3 is 2.50 bits per heavy atom. The molecule has 0 aliphatic carbocycles. The van der Waals surface area contributed by atoms with Gasteiger partial charge in [-0.05, 0) is 55.8 Å². The van der Waals surface area contributed by atoms with Crippen LogP contribution in [0.2, 0.25) is 5.02 Å². The first kappa shape index (κ1) is 18.4. The van der Waals surface area contributed by atoms with E-state index < -0.39 is 0 Å². The molecule has 0 saturated carbocycles. The Labute approximate surface area is 161 Å². The zero-order chi connectivity index (χ0) is 18.5. The largest absolute Gasteiger partial charge is 0.484 e. The van der Waals surface area contributed by atoms with Gasteiger partial charge in [-0.1, -0.05) is 23.7 Å². The van der Waals surface area contributed by atoms with Gasteiger partial charge < -0.3 is 10.1 Å². The number of amides is 1. The molecule has 0 radical (unpaired) electrons. The van der Waals surface area contributed by atoms with Crippen molar-refractivity contribution < 1.29 is 9.53 Å².